The molecule has 0 saturated carbocycles. The standard InChI is InChI=1S/C12H17N3/c1-9-5-6-11(15(9)3)10(2)12-13-7-4-8-14-12/h4,7-9H,5-6H2,1-3H3/b11-10-. The number of nitrogens with zero attached hydrogens (tertiary/aromatic N) is 3. The molecule has 3 nitrogen and oxygen atoms in total. The SMILES string of the molecule is C/C(=C1\CCC(C)N1C)c1ncccn1. The summed E-state index contributed by atoms with van der Waals surface area (Å²) in [6.07, 6.45) is 5.97. The molecule has 0 radical (unpaired) electrons. The van der Waals surface area contributed by atoms with Gasteiger partial charge in [0.05, 0.1) is 0 Å². The maximum atomic E-state index is 4.29. The van der Waals surface area contributed by atoms with Crippen LogP contribution >= 0.6 is 0 Å². The number of allylic oxidation sites excluding steroid dienone is 2. The molecular weight excluding hydrogens is 186 g/mol. The van der Waals surface area contributed by atoms with Crippen molar-refractivity contribution in [2.75, 3.05) is 7.05 Å². The molecule has 0 aromatic carbocycles. The molecular formula is C12H17N3. The average Bonchev–Trinajstić information content (AvgIpc) is 2.60. The zero-order chi connectivity index (χ0) is 10.8. The van der Waals surface area contributed by atoms with E-state index in [4.69, 9.17) is 0 Å². The molecule has 1 saturated heterocycles. The highest BCUT2D eigenvalue weighted by Crippen LogP contribution is 2.30. The molecule has 1 aliphatic rings. The lowest BCUT2D eigenvalue weighted by Crippen LogP contribution is -2.20. The summed E-state index contributed by atoms with van der Waals surface area (Å²) in [7, 11) is 2.15. The Kier molecular flexibility index (Phi) is 2.71. The van der Waals surface area contributed by atoms with Gasteiger partial charge in [-0.2, -0.15) is 0 Å². The lowest BCUT2D eigenvalue weighted by molar-refractivity contribution is 0.376. The second-order valence-corrected chi connectivity index (χ2v) is 4.14. The number of rotatable bonds is 1. The molecule has 0 amide bonds. The monoisotopic (exact) mass is 203 g/mol. The summed E-state index contributed by atoms with van der Waals surface area (Å²) < 4.78 is 0. The van der Waals surface area contributed by atoms with Gasteiger partial charge in [0, 0.05) is 36.8 Å². The Hall–Kier alpha value is -1.38. The Labute approximate surface area is 90.9 Å². The molecule has 1 aromatic rings. The molecule has 0 N–H and O–H groups in total. The Morgan fingerprint density at radius 2 is 2.07 bits per heavy atom. The highest BCUT2D eigenvalue weighted by molar-refractivity contribution is 5.61. The predicted molar refractivity (Wildman–Crippen MR) is 61.1 cm³/mol. The van der Waals surface area contributed by atoms with Crippen LogP contribution in [0.15, 0.2) is 24.2 Å². The number of hydrogen-bond acceptors (Lipinski definition) is 3. The number of likely N-dealkylation sites (tertiary alicyclic amines) is 1. The molecule has 1 atom stereocenters. The summed E-state index contributed by atoms with van der Waals surface area (Å²) >= 11 is 0. The van der Waals surface area contributed by atoms with E-state index in [2.05, 4.69) is 35.8 Å². The fourth-order valence-corrected chi connectivity index (χ4v) is 2.06. The van der Waals surface area contributed by atoms with Crippen molar-refractivity contribution >= 4 is 5.57 Å². The van der Waals surface area contributed by atoms with Crippen LogP contribution in [0, 0.1) is 0 Å². The zero-order valence-electron chi connectivity index (χ0n) is 9.57. The van der Waals surface area contributed by atoms with Crippen LogP contribution in [0.3, 0.4) is 0 Å². The van der Waals surface area contributed by atoms with Crippen LogP contribution in [0.5, 0.6) is 0 Å². The van der Waals surface area contributed by atoms with E-state index in [1.54, 1.807) is 12.4 Å². The van der Waals surface area contributed by atoms with Gasteiger partial charge in [-0.3, -0.25) is 0 Å². The third-order valence-corrected chi connectivity index (χ3v) is 3.22. The first-order valence-corrected chi connectivity index (χ1v) is 5.40. The first kappa shape index (κ1) is 10.1. The molecule has 1 fully saturated rings. The third kappa shape index (κ3) is 1.87. The van der Waals surface area contributed by atoms with Gasteiger partial charge in [-0.15, -0.1) is 0 Å². The minimum atomic E-state index is 0.638. The van der Waals surface area contributed by atoms with E-state index < -0.39 is 0 Å². The molecule has 3 heteroatoms. The highest BCUT2D eigenvalue weighted by atomic mass is 15.2. The van der Waals surface area contributed by atoms with Crippen molar-refractivity contribution in [3.8, 4) is 0 Å². The van der Waals surface area contributed by atoms with E-state index in [-0.39, 0.29) is 0 Å². The maximum Gasteiger partial charge on any atom is 0.156 e. The van der Waals surface area contributed by atoms with Crippen LogP contribution in [0.1, 0.15) is 32.5 Å². The summed E-state index contributed by atoms with van der Waals surface area (Å²) in [5.74, 6) is 0.855. The third-order valence-electron chi connectivity index (χ3n) is 3.22. The molecule has 2 heterocycles. The van der Waals surface area contributed by atoms with Crippen molar-refractivity contribution in [3.05, 3.63) is 30.0 Å². The van der Waals surface area contributed by atoms with Crippen LogP contribution in [0.4, 0.5) is 0 Å². The minimum absolute atomic E-state index is 0.638. The van der Waals surface area contributed by atoms with Gasteiger partial charge < -0.3 is 4.90 Å². The van der Waals surface area contributed by atoms with Crippen LogP contribution in [0.2, 0.25) is 0 Å². The summed E-state index contributed by atoms with van der Waals surface area (Å²) in [6.45, 7) is 4.37. The largest absolute Gasteiger partial charge is 0.375 e. The summed E-state index contributed by atoms with van der Waals surface area (Å²) in [4.78, 5) is 10.9. The smallest absolute Gasteiger partial charge is 0.156 e. The minimum Gasteiger partial charge on any atom is -0.375 e. The summed E-state index contributed by atoms with van der Waals surface area (Å²) in [5.41, 5.74) is 2.59. The van der Waals surface area contributed by atoms with Crippen molar-refractivity contribution in [2.45, 2.75) is 32.7 Å². The van der Waals surface area contributed by atoms with Gasteiger partial charge in [0.1, 0.15) is 0 Å². The number of hydrogen-bond donors (Lipinski definition) is 0. The summed E-state index contributed by atoms with van der Waals surface area (Å²) in [5, 5.41) is 0. The van der Waals surface area contributed by atoms with Crippen molar-refractivity contribution in [1.29, 1.82) is 0 Å². The number of aromatic nitrogens is 2. The van der Waals surface area contributed by atoms with Crippen molar-refractivity contribution in [1.82, 2.24) is 14.9 Å². The molecule has 1 unspecified atom stereocenters. The molecule has 80 valence electrons. The fourth-order valence-electron chi connectivity index (χ4n) is 2.06. The van der Waals surface area contributed by atoms with E-state index in [1.165, 1.54) is 17.7 Å². The molecule has 0 spiro atoms. The van der Waals surface area contributed by atoms with Gasteiger partial charge in [0.15, 0.2) is 5.82 Å². The Morgan fingerprint density at radius 1 is 1.40 bits per heavy atom. The van der Waals surface area contributed by atoms with Crippen molar-refractivity contribution in [3.63, 3.8) is 0 Å². The van der Waals surface area contributed by atoms with Gasteiger partial charge in [0.25, 0.3) is 0 Å². The van der Waals surface area contributed by atoms with Gasteiger partial charge >= 0.3 is 0 Å². The Balaban J connectivity index is 2.34. The van der Waals surface area contributed by atoms with Gasteiger partial charge in [-0.25, -0.2) is 9.97 Å². The maximum absolute atomic E-state index is 4.29. The van der Waals surface area contributed by atoms with Crippen LogP contribution < -0.4 is 0 Å². The predicted octanol–water partition coefficient (Wildman–Crippen LogP) is 2.32. The average molecular weight is 203 g/mol. The summed E-state index contributed by atoms with van der Waals surface area (Å²) in [6, 6.07) is 2.49. The van der Waals surface area contributed by atoms with E-state index in [9.17, 15) is 0 Å². The molecule has 1 aromatic heterocycles. The van der Waals surface area contributed by atoms with E-state index in [0.717, 1.165) is 12.2 Å². The Morgan fingerprint density at radius 3 is 2.60 bits per heavy atom. The quantitative estimate of drug-likeness (QED) is 0.701. The molecule has 2 rings (SSSR count). The lowest BCUT2D eigenvalue weighted by atomic mass is 10.1. The fraction of sp³-hybridized carbons (Fsp3) is 0.500. The van der Waals surface area contributed by atoms with Gasteiger partial charge in [-0.1, -0.05) is 0 Å². The van der Waals surface area contributed by atoms with Crippen LogP contribution in [-0.4, -0.2) is 28.0 Å². The van der Waals surface area contributed by atoms with E-state index in [1.807, 2.05) is 6.07 Å². The topological polar surface area (TPSA) is 29.0 Å². The second kappa shape index (κ2) is 4.01. The molecule has 15 heavy (non-hydrogen) atoms. The van der Waals surface area contributed by atoms with Crippen molar-refractivity contribution in [2.24, 2.45) is 0 Å². The highest BCUT2D eigenvalue weighted by Gasteiger charge is 2.23. The first-order valence-electron chi connectivity index (χ1n) is 5.40. The van der Waals surface area contributed by atoms with Crippen molar-refractivity contribution < 1.29 is 0 Å². The molecule has 0 aliphatic carbocycles. The first-order chi connectivity index (χ1) is 7.20. The van der Waals surface area contributed by atoms with E-state index >= 15 is 0 Å². The van der Waals surface area contributed by atoms with Crippen LogP contribution in [-0.2, 0) is 0 Å². The van der Waals surface area contributed by atoms with Crippen LogP contribution in [0.25, 0.3) is 5.57 Å². The Bertz CT molecular complexity index is 370. The van der Waals surface area contributed by atoms with Gasteiger partial charge in [-0.05, 0) is 32.8 Å². The van der Waals surface area contributed by atoms with Gasteiger partial charge in [0.2, 0.25) is 0 Å². The molecule has 1 aliphatic heterocycles. The zero-order valence-corrected chi connectivity index (χ0v) is 9.57. The van der Waals surface area contributed by atoms with E-state index in [0.29, 0.717) is 6.04 Å². The normalized spacial score (nSPS) is 24.5. The second-order valence-electron chi connectivity index (χ2n) is 4.14. The lowest BCUT2D eigenvalue weighted by Gasteiger charge is -2.20. The molecule has 0 bridgehead atoms.